The second kappa shape index (κ2) is 7.43. The van der Waals surface area contributed by atoms with E-state index in [2.05, 4.69) is 34.4 Å². The fourth-order valence-corrected chi connectivity index (χ4v) is 3.59. The lowest BCUT2D eigenvalue weighted by molar-refractivity contribution is -0.122. The molecule has 0 fully saturated rings. The topological polar surface area (TPSA) is 92.2 Å². The summed E-state index contributed by atoms with van der Waals surface area (Å²) in [5.41, 5.74) is 2.52. The number of para-hydroxylation sites is 1. The van der Waals surface area contributed by atoms with Gasteiger partial charge in [0.05, 0.1) is 28.9 Å². The van der Waals surface area contributed by atoms with Crippen LogP contribution in [0.1, 0.15) is 36.7 Å². The quantitative estimate of drug-likeness (QED) is 0.638. The predicted octanol–water partition coefficient (Wildman–Crippen LogP) is 3.30. The molecule has 0 saturated carbocycles. The number of nitrogens with zero attached hydrogens (tertiary/aromatic N) is 1. The lowest BCUT2D eigenvalue weighted by atomic mass is 10.1. The molecule has 7 nitrogen and oxygen atoms in total. The smallest absolute Gasteiger partial charge is 0.254 e. The molecule has 2 aromatic carbocycles. The van der Waals surface area contributed by atoms with Crippen LogP contribution < -0.4 is 16.0 Å². The van der Waals surface area contributed by atoms with Crippen LogP contribution in [-0.4, -0.2) is 28.3 Å². The molecule has 3 amide bonds. The highest BCUT2D eigenvalue weighted by Crippen LogP contribution is 2.27. The van der Waals surface area contributed by atoms with Gasteiger partial charge in [-0.25, -0.2) is 0 Å². The van der Waals surface area contributed by atoms with Gasteiger partial charge in [0.15, 0.2) is 0 Å². The van der Waals surface area contributed by atoms with E-state index >= 15 is 0 Å². The fourth-order valence-electron chi connectivity index (χ4n) is 3.59. The monoisotopic (exact) mass is 390 g/mol. The minimum Gasteiger partial charge on any atom is -0.345 e. The molecule has 3 N–H and O–H groups in total. The van der Waals surface area contributed by atoms with Crippen molar-refractivity contribution >= 4 is 40.0 Å². The second-order valence-electron chi connectivity index (χ2n) is 7.37. The Morgan fingerprint density at radius 2 is 1.90 bits per heavy atom. The van der Waals surface area contributed by atoms with E-state index in [9.17, 15) is 14.4 Å². The number of anilines is 2. The van der Waals surface area contributed by atoms with Gasteiger partial charge in [-0.1, -0.05) is 18.2 Å². The Balaban J connectivity index is 1.51. The highest BCUT2D eigenvalue weighted by Gasteiger charge is 2.29. The van der Waals surface area contributed by atoms with E-state index in [4.69, 9.17) is 0 Å². The van der Waals surface area contributed by atoms with Gasteiger partial charge < -0.3 is 20.5 Å². The molecule has 1 aliphatic rings. The van der Waals surface area contributed by atoms with Crippen LogP contribution >= 0.6 is 0 Å². The summed E-state index contributed by atoms with van der Waals surface area (Å²) in [6.45, 7) is 4.19. The molecular formula is C22H22N4O3. The van der Waals surface area contributed by atoms with E-state index in [1.807, 2.05) is 30.5 Å². The molecule has 29 heavy (non-hydrogen) atoms. The lowest BCUT2D eigenvalue weighted by Gasteiger charge is -2.15. The van der Waals surface area contributed by atoms with Crippen LogP contribution in [0, 0.1) is 0 Å². The van der Waals surface area contributed by atoms with Crippen LogP contribution in [0.4, 0.5) is 11.4 Å². The molecule has 3 aromatic rings. The van der Waals surface area contributed by atoms with Crippen molar-refractivity contribution in [3.05, 3.63) is 60.3 Å². The highest BCUT2D eigenvalue weighted by atomic mass is 16.2. The van der Waals surface area contributed by atoms with Crippen LogP contribution in [0.25, 0.3) is 10.9 Å². The van der Waals surface area contributed by atoms with Crippen molar-refractivity contribution in [2.75, 3.05) is 10.6 Å². The van der Waals surface area contributed by atoms with Gasteiger partial charge in [0.1, 0.15) is 6.04 Å². The van der Waals surface area contributed by atoms with E-state index in [1.54, 1.807) is 24.3 Å². The second-order valence-corrected chi connectivity index (χ2v) is 7.37. The van der Waals surface area contributed by atoms with Gasteiger partial charge >= 0.3 is 0 Å². The maximum atomic E-state index is 12.7. The van der Waals surface area contributed by atoms with Crippen LogP contribution in [0.2, 0.25) is 0 Å². The van der Waals surface area contributed by atoms with Crippen LogP contribution in [0.15, 0.2) is 54.7 Å². The number of hydrogen-bond donors (Lipinski definition) is 3. The molecular weight excluding hydrogens is 368 g/mol. The number of carbonyl (C=O) groups excluding carboxylic acids is 3. The summed E-state index contributed by atoms with van der Waals surface area (Å²) in [5.74, 6) is -1.14. The first kappa shape index (κ1) is 18.7. The molecule has 0 saturated heterocycles. The third-order valence-corrected chi connectivity index (χ3v) is 5.03. The number of rotatable bonds is 4. The highest BCUT2D eigenvalue weighted by molar-refractivity contribution is 6.11. The molecule has 0 radical (unpaired) electrons. The number of carbonyl (C=O) groups is 3. The number of fused-ring (bicyclic) bond motifs is 2. The average Bonchev–Trinajstić information content (AvgIpc) is 3.08. The number of hydrogen-bond acceptors (Lipinski definition) is 3. The largest absolute Gasteiger partial charge is 0.345 e. The van der Waals surface area contributed by atoms with Crippen molar-refractivity contribution in [3.8, 4) is 0 Å². The first-order chi connectivity index (χ1) is 13.9. The Bertz CT molecular complexity index is 1120. The van der Waals surface area contributed by atoms with Gasteiger partial charge in [-0.05, 0) is 44.2 Å². The molecule has 4 rings (SSSR count). The predicted molar refractivity (Wildman–Crippen MR) is 112 cm³/mol. The Labute approximate surface area is 168 Å². The number of amides is 3. The summed E-state index contributed by atoms with van der Waals surface area (Å²) in [6, 6.07) is 13.8. The van der Waals surface area contributed by atoms with Gasteiger partial charge in [0.25, 0.3) is 5.91 Å². The van der Waals surface area contributed by atoms with Crippen molar-refractivity contribution in [1.29, 1.82) is 0 Å². The molecule has 0 aliphatic carbocycles. The maximum absolute atomic E-state index is 12.7. The van der Waals surface area contributed by atoms with Gasteiger partial charge in [-0.2, -0.15) is 0 Å². The summed E-state index contributed by atoms with van der Waals surface area (Å²) in [4.78, 5) is 37.6. The molecule has 1 aliphatic heterocycles. The fraction of sp³-hybridized carbons (Fsp3) is 0.227. The Hall–Kier alpha value is -3.61. The lowest BCUT2D eigenvalue weighted by Crippen LogP contribution is -2.43. The van der Waals surface area contributed by atoms with Gasteiger partial charge in [-0.15, -0.1) is 0 Å². The summed E-state index contributed by atoms with van der Waals surface area (Å²) in [7, 11) is 0. The minimum atomic E-state index is -0.950. The molecule has 0 spiro atoms. The third-order valence-electron chi connectivity index (χ3n) is 5.03. The molecule has 1 atom stereocenters. The van der Waals surface area contributed by atoms with Gasteiger partial charge in [0, 0.05) is 17.6 Å². The molecule has 7 heteroatoms. The minimum absolute atomic E-state index is 0.160. The van der Waals surface area contributed by atoms with Gasteiger partial charge in [0.2, 0.25) is 11.8 Å². The first-order valence-corrected chi connectivity index (χ1v) is 9.54. The molecule has 2 heterocycles. The zero-order chi connectivity index (χ0) is 20.5. The Kier molecular flexibility index (Phi) is 4.80. The zero-order valence-corrected chi connectivity index (χ0v) is 16.2. The Morgan fingerprint density at radius 3 is 2.69 bits per heavy atom. The zero-order valence-electron chi connectivity index (χ0n) is 16.2. The normalized spacial score (nSPS) is 16.2. The van der Waals surface area contributed by atoms with Crippen molar-refractivity contribution in [3.63, 3.8) is 0 Å². The number of aromatic nitrogens is 1. The van der Waals surface area contributed by atoms with Crippen molar-refractivity contribution in [1.82, 2.24) is 9.88 Å². The Morgan fingerprint density at radius 1 is 1.10 bits per heavy atom. The number of benzene rings is 2. The van der Waals surface area contributed by atoms with E-state index < -0.39 is 11.9 Å². The van der Waals surface area contributed by atoms with Crippen LogP contribution in [-0.2, 0) is 9.59 Å². The standard InChI is InChI=1S/C22H22N4O3/c1-13(2)26-11-10-14-16(8-5-9-19(14)26)23-20(27)12-18-22(29)24-17-7-4-3-6-15(17)21(28)25-18/h3-11,13,18H,12H2,1-2H3,(H,23,27)(H,24,29)(H,25,28)/t18-/m0/s1. The molecule has 0 unspecified atom stereocenters. The third kappa shape index (κ3) is 3.59. The summed E-state index contributed by atoms with van der Waals surface area (Å²) < 4.78 is 2.13. The SMILES string of the molecule is CC(C)n1ccc2c(NC(=O)C[C@@H]3NC(=O)c4ccccc4NC3=O)cccc21. The summed E-state index contributed by atoms with van der Waals surface area (Å²) in [5, 5.41) is 9.16. The van der Waals surface area contributed by atoms with E-state index in [0.29, 0.717) is 23.0 Å². The summed E-state index contributed by atoms with van der Waals surface area (Å²) >= 11 is 0. The summed E-state index contributed by atoms with van der Waals surface area (Å²) in [6.07, 6.45) is 1.83. The van der Waals surface area contributed by atoms with Gasteiger partial charge in [-0.3, -0.25) is 14.4 Å². The van der Waals surface area contributed by atoms with Crippen LogP contribution in [0.5, 0.6) is 0 Å². The molecule has 0 bridgehead atoms. The van der Waals surface area contributed by atoms with Crippen molar-refractivity contribution in [2.24, 2.45) is 0 Å². The molecule has 1 aromatic heterocycles. The average molecular weight is 390 g/mol. The number of nitrogens with one attached hydrogen (secondary N) is 3. The van der Waals surface area contributed by atoms with Crippen molar-refractivity contribution in [2.45, 2.75) is 32.4 Å². The van der Waals surface area contributed by atoms with E-state index in [1.165, 1.54) is 0 Å². The first-order valence-electron chi connectivity index (χ1n) is 9.54. The molecule has 148 valence electrons. The van der Waals surface area contributed by atoms with Crippen LogP contribution in [0.3, 0.4) is 0 Å². The van der Waals surface area contributed by atoms with Crippen molar-refractivity contribution < 1.29 is 14.4 Å². The maximum Gasteiger partial charge on any atom is 0.254 e. The van der Waals surface area contributed by atoms with E-state index in [0.717, 1.165) is 10.9 Å². The van der Waals surface area contributed by atoms with E-state index in [-0.39, 0.29) is 18.2 Å².